The summed E-state index contributed by atoms with van der Waals surface area (Å²) in [6.45, 7) is 2.88. The van der Waals surface area contributed by atoms with Crippen molar-refractivity contribution in [2.45, 2.75) is 38.1 Å². The van der Waals surface area contributed by atoms with Gasteiger partial charge < -0.3 is 10.6 Å². The van der Waals surface area contributed by atoms with Crippen molar-refractivity contribution < 1.29 is 9.59 Å². The van der Waals surface area contributed by atoms with E-state index in [0.29, 0.717) is 18.8 Å². The second-order valence-corrected chi connectivity index (χ2v) is 9.11. The lowest BCUT2D eigenvalue weighted by molar-refractivity contribution is -0.123. The highest BCUT2D eigenvalue weighted by Gasteiger charge is 2.50. The van der Waals surface area contributed by atoms with Gasteiger partial charge in [0.15, 0.2) is 0 Å². The Kier molecular flexibility index (Phi) is 5.52. The number of hydrogen-bond donors (Lipinski definition) is 2. The molecule has 0 bridgehead atoms. The van der Waals surface area contributed by atoms with Gasteiger partial charge in [0.2, 0.25) is 5.91 Å². The molecule has 2 unspecified atom stereocenters. The first kappa shape index (κ1) is 20.2. The second-order valence-electron chi connectivity index (χ2n) is 9.11. The van der Waals surface area contributed by atoms with Gasteiger partial charge in [-0.2, -0.15) is 5.10 Å². The molecule has 1 aliphatic carbocycles. The topological polar surface area (TPSA) is 95.3 Å². The van der Waals surface area contributed by atoms with Crippen LogP contribution >= 0.6 is 0 Å². The first-order chi connectivity index (χ1) is 15.1. The van der Waals surface area contributed by atoms with E-state index in [0.717, 1.165) is 56.5 Å². The molecule has 2 fully saturated rings. The average molecular weight is 421 g/mol. The highest BCUT2D eigenvalue weighted by Crippen LogP contribution is 2.37. The lowest BCUT2D eigenvalue weighted by atomic mass is 9.94. The van der Waals surface area contributed by atoms with Gasteiger partial charge in [0, 0.05) is 31.1 Å². The van der Waals surface area contributed by atoms with Crippen molar-refractivity contribution in [3.05, 3.63) is 59.3 Å². The van der Waals surface area contributed by atoms with E-state index in [1.165, 1.54) is 5.56 Å². The minimum atomic E-state index is -0.303. The third kappa shape index (κ3) is 3.87. The molecule has 3 atom stereocenters. The molecule has 2 amide bonds. The van der Waals surface area contributed by atoms with Crippen LogP contribution in [0.4, 0.5) is 0 Å². The van der Waals surface area contributed by atoms with Crippen LogP contribution in [0.3, 0.4) is 0 Å². The van der Waals surface area contributed by atoms with Crippen molar-refractivity contribution in [2.24, 2.45) is 17.6 Å². The standard InChI is InChI=1S/C24H30N5O2/c25-23(30)22-19-15-29(24(31)21-18-10-4-5-11-20(18)26-27-21)14-17(19)13-28(22)12-6-9-16-7-2-1-3-8-16/h1-3,7-9,17,19,22H,4-6,10-15H2,(H2,25,30)(H,26,27)/t17?,19-,22?/m1/s1. The SMILES string of the molecule is NC(=O)C1[C@@H]2CN(C(=O)c3[nH]nc4c3CCCC4)CC2CN1CC[CH]c1ccccc1. The maximum absolute atomic E-state index is 13.2. The Morgan fingerprint density at radius 3 is 2.74 bits per heavy atom. The summed E-state index contributed by atoms with van der Waals surface area (Å²) in [6.07, 6.45) is 7.18. The predicted molar refractivity (Wildman–Crippen MR) is 117 cm³/mol. The predicted octanol–water partition coefficient (Wildman–Crippen LogP) is 1.79. The van der Waals surface area contributed by atoms with E-state index < -0.39 is 0 Å². The normalized spacial score (nSPS) is 25.4. The Labute approximate surface area is 183 Å². The highest BCUT2D eigenvalue weighted by atomic mass is 16.2. The van der Waals surface area contributed by atoms with Crippen LogP contribution < -0.4 is 5.73 Å². The third-order valence-electron chi connectivity index (χ3n) is 7.19. The Balaban J connectivity index is 1.23. The number of aromatic nitrogens is 2. The van der Waals surface area contributed by atoms with Crippen molar-refractivity contribution >= 4 is 11.8 Å². The first-order valence-corrected chi connectivity index (χ1v) is 11.4. The van der Waals surface area contributed by atoms with Crippen molar-refractivity contribution in [2.75, 3.05) is 26.2 Å². The molecular weight excluding hydrogens is 390 g/mol. The molecule has 1 aromatic heterocycles. The summed E-state index contributed by atoms with van der Waals surface area (Å²) >= 11 is 0. The molecule has 2 saturated heterocycles. The quantitative estimate of drug-likeness (QED) is 0.745. The minimum Gasteiger partial charge on any atom is -0.368 e. The monoisotopic (exact) mass is 420 g/mol. The molecule has 31 heavy (non-hydrogen) atoms. The van der Waals surface area contributed by atoms with Gasteiger partial charge >= 0.3 is 0 Å². The van der Waals surface area contributed by atoms with E-state index in [2.05, 4.69) is 33.7 Å². The molecule has 7 nitrogen and oxygen atoms in total. The van der Waals surface area contributed by atoms with Crippen LogP contribution in [-0.4, -0.2) is 64.0 Å². The van der Waals surface area contributed by atoms with Crippen molar-refractivity contribution in [1.82, 2.24) is 20.0 Å². The molecule has 0 spiro atoms. The molecule has 3 N–H and O–H groups in total. The molecule has 3 aliphatic rings. The Morgan fingerprint density at radius 1 is 1.13 bits per heavy atom. The van der Waals surface area contributed by atoms with Gasteiger partial charge in [0.05, 0.1) is 11.7 Å². The number of amides is 2. The first-order valence-electron chi connectivity index (χ1n) is 11.4. The molecule has 1 radical (unpaired) electrons. The number of fused-ring (bicyclic) bond motifs is 2. The summed E-state index contributed by atoms with van der Waals surface area (Å²) in [7, 11) is 0. The molecule has 5 rings (SSSR count). The Hall–Kier alpha value is -2.67. The number of carbonyl (C=O) groups is 2. The molecule has 1 aromatic carbocycles. The average Bonchev–Trinajstić information content (AvgIpc) is 3.46. The summed E-state index contributed by atoms with van der Waals surface area (Å²) in [4.78, 5) is 29.7. The van der Waals surface area contributed by atoms with Crippen LogP contribution in [0.2, 0.25) is 0 Å². The fraction of sp³-hybridized carbons (Fsp3) is 0.500. The number of hydrogen-bond acceptors (Lipinski definition) is 4. The number of rotatable bonds is 6. The van der Waals surface area contributed by atoms with E-state index in [1.807, 2.05) is 23.1 Å². The lowest BCUT2D eigenvalue weighted by Gasteiger charge is -2.27. The number of aromatic amines is 1. The van der Waals surface area contributed by atoms with E-state index in [1.54, 1.807) is 0 Å². The van der Waals surface area contributed by atoms with Crippen molar-refractivity contribution in [1.29, 1.82) is 0 Å². The van der Waals surface area contributed by atoms with Gasteiger partial charge in [-0.1, -0.05) is 30.3 Å². The summed E-state index contributed by atoms with van der Waals surface area (Å²) < 4.78 is 0. The number of aryl methyl sites for hydroxylation is 1. The van der Waals surface area contributed by atoms with Crippen LogP contribution in [0.1, 0.15) is 46.6 Å². The lowest BCUT2D eigenvalue weighted by Crippen LogP contribution is -2.46. The molecule has 7 heteroatoms. The zero-order valence-corrected chi connectivity index (χ0v) is 17.8. The Morgan fingerprint density at radius 2 is 1.94 bits per heavy atom. The van der Waals surface area contributed by atoms with Crippen molar-refractivity contribution in [3.8, 4) is 0 Å². The second kappa shape index (κ2) is 8.46. The largest absolute Gasteiger partial charge is 0.368 e. The smallest absolute Gasteiger partial charge is 0.272 e. The fourth-order valence-electron chi connectivity index (χ4n) is 5.71. The number of H-pyrrole nitrogens is 1. The summed E-state index contributed by atoms with van der Waals surface area (Å²) in [5.74, 6) is 0.145. The summed E-state index contributed by atoms with van der Waals surface area (Å²) in [5.41, 5.74) is 9.81. The highest BCUT2D eigenvalue weighted by molar-refractivity contribution is 5.94. The van der Waals surface area contributed by atoms with Gasteiger partial charge in [0.25, 0.3) is 5.91 Å². The fourth-order valence-corrected chi connectivity index (χ4v) is 5.71. The van der Waals surface area contributed by atoms with E-state index in [-0.39, 0.29) is 29.7 Å². The van der Waals surface area contributed by atoms with Crippen LogP contribution in [0, 0.1) is 18.3 Å². The number of nitrogens with zero attached hydrogens (tertiary/aromatic N) is 3. The number of primary amides is 1. The van der Waals surface area contributed by atoms with Gasteiger partial charge in [-0.25, -0.2) is 0 Å². The zero-order valence-electron chi connectivity index (χ0n) is 17.8. The Bertz CT molecular complexity index is 956. The van der Waals surface area contributed by atoms with Crippen LogP contribution in [-0.2, 0) is 17.6 Å². The number of likely N-dealkylation sites (tertiary alicyclic amines) is 2. The third-order valence-corrected chi connectivity index (χ3v) is 7.19. The molecule has 0 saturated carbocycles. The van der Waals surface area contributed by atoms with Gasteiger partial charge in [-0.3, -0.25) is 19.6 Å². The minimum absolute atomic E-state index is 0.0252. The maximum atomic E-state index is 13.2. The molecule has 2 aromatic rings. The summed E-state index contributed by atoms with van der Waals surface area (Å²) in [6, 6.07) is 9.93. The number of nitrogens with two attached hydrogens (primary N) is 1. The van der Waals surface area contributed by atoms with E-state index in [4.69, 9.17) is 5.73 Å². The van der Waals surface area contributed by atoms with E-state index >= 15 is 0 Å². The number of carbonyl (C=O) groups excluding carboxylic acids is 2. The zero-order chi connectivity index (χ0) is 21.4. The van der Waals surface area contributed by atoms with Crippen LogP contribution in [0.15, 0.2) is 30.3 Å². The summed E-state index contributed by atoms with van der Waals surface area (Å²) in [5, 5.41) is 7.37. The molecule has 3 heterocycles. The van der Waals surface area contributed by atoms with Gasteiger partial charge in [-0.15, -0.1) is 0 Å². The van der Waals surface area contributed by atoms with Crippen molar-refractivity contribution in [3.63, 3.8) is 0 Å². The van der Waals surface area contributed by atoms with Gasteiger partial charge in [-0.05, 0) is 56.6 Å². The van der Waals surface area contributed by atoms with E-state index in [9.17, 15) is 9.59 Å². The molecule has 163 valence electrons. The molecule has 2 aliphatic heterocycles. The number of benzene rings is 1. The van der Waals surface area contributed by atoms with Gasteiger partial charge in [0.1, 0.15) is 5.69 Å². The molecular formula is C24H30N5O2. The van der Waals surface area contributed by atoms with Crippen LogP contribution in [0.25, 0.3) is 0 Å². The maximum Gasteiger partial charge on any atom is 0.272 e. The number of nitrogens with one attached hydrogen (secondary N) is 1. The van der Waals surface area contributed by atoms with Crippen LogP contribution in [0.5, 0.6) is 0 Å².